The van der Waals surface area contributed by atoms with E-state index in [9.17, 15) is 13.2 Å². The first-order valence-corrected chi connectivity index (χ1v) is 12.1. The molecule has 1 fully saturated rings. The van der Waals surface area contributed by atoms with E-state index < -0.39 is 9.84 Å². The van der Waals surface area contributed by atoms with Gasteiger partial charge < -0.3 is 20.1 Å². The van der Waals surface area contributed by atoms with Gasteiger partial charge in [0.15, 0.2) is 26.5 Å². The maximum Gasteiger partial charge on any atom is 0.251 e. The molecule has 0 aliphatic carbocycles. The Morgan fingerprint density at radius 2 is 1.90 bits per heavy atom. The number of sulfone groups is 1. The standard InChI is InChI=1S/C20H19N3O5S2/c24-19(21-8-12-1-6-16-17(7-12)28-11-27-16)13-2-4-14(5-3-13)22-20-23-15-9-30(25,26)10-18(15)29-20/h1-7,15,18H,8-11H2,(H,21,24)(H,22,23)/t15-,18-/m0/s1. The number of hydrogen-bond donors (Lipinski definition) is 2. The van der Waals surface area contributed by atoms with Gasteiger partial charge in [-0.15, -0.1) is 0 Å². The maximum absolute atomic E-state index is 12.4. The van der Waals surface area contributed by atoms with Gasteiger partial charge in [0.05, 0.1) is 17.5 Å². The lowest BCUT2D eigenvalue weighted by Gasteiger charge is -2.09. The molecular weight excluding hydrogens is 426 g/mol. The van der Waals surface area contributed by atoms with Crippen molar-refractivity contribution in [3.8, 4) is 11.5 Å². The number of carbonyl (C=O) groups is 1. The number of anilines is 1. The fourth-order valence-corrected chi connectivity index (χ4v) is 7.26. The monoisotopic (exact) mass is 445 g/mol. The number of carbonyl (C=O) groups excluding carboxylic acids is 1. The third-order valence-corrected chi connectivity index (χ3v) is 8.25. The second-order valence-electron chi connectivity index (χ2n) is 7.31. The lowest BCUT2D eigenvalue weighted by atomic mass is 10.1. The summed E-state index contributed by atoms with van der Waals surface area (Å²) in [6.07, 6.45) is 0. The van der Waals surface area contributed by atoms with Crippen molar-refractivity contribution < 1.29 is 22.7 Å². The molecule has 156 valence electrons. The summed E-state index contributed by atoms with van der Waals surface area (Å²) in [6, 6.07) is 12.5. The lowest BCUT2D eigenvalue weighted by Crippen LogP contribution is -2.22. The highest BCUT2D eigenvalue weighted by atomic mass is 32.2. The van der Waals surface area contributed by atoms with Crippen molar-refractivity contribution in [2.45, 2.75) is 17.8 Å². The van der Waals surface area contributed by atoms with E-state index in [4.69, 9.17) is 9.47 Å². The first-order chi connectivity index (χ1) is 14.4. The molecule has 3 aliphatic rings. The number of amidine groups is 1. The van der Waals surface area contributed by atoms with Crippen LogP contribution in [0.25, 0.3) is 0 Å². The molecule has 3 heterocycles. The minimum atomic E-state index is -2.96. The molecule has 0 spiro atoms. The number of benzene rings is 2. The number of nitrogens with zero attached hydrogens (tertiary/aromatic N) is 1. The van der Waals surface area contributed by atoms with E-state index in [2.05, 4.69) is 15.6 Å². The summed E-state index contributed by atoms with van der Waals surface area (Å²) in [5, 5.41) is 6.82. The van der Waals surface area contributed by atoms with Crippen LogP contribution in [0.3, 0.4) is 0 Å². The number of ether oxygens (including phenoxy) is 2. The summed E-state index contributed by atoms with van der Waals surface area (Å²) >= 11 is 1.46. The van der Waals surface area contributed by atoms with Crippen LogP contribution in [-0.4, -0.2) is 49.1 Å². The number of nitrogens with one attached hydrogen (secondary N) is 2. The minimum absolute atomic E-state index is 0.00118. The Morgan fingerprint density at radius 1 is 1.10 bits per heavy atom. The van der Waals surface area contributed by atoms with Crippen LogP contribution in [0.1, 0.15) is 15.9 Å². The van der Waals surface area contributed by atoms with Crippen molar-refractivity contribution in [1.82, 2.24) is 5.32 Å². The highest BCUT2D eigenvalue weighted by molar-refractivity contribution is 8.15. The molecule has 0 unspecified atom stereocenters. The highest BCUT2D eigenvalue weighted by Gasteiger charge is 2.42. The Morgan fingerprint density at radius 3 is 2.70 bits per heavy atom. The normalized spacial score (nSPS) is 23.0. The average molecular weight is 446 g/mol. The Hall–Kier alpha value is -2.72. The topological polar surface area (TPSA) is 106 Å². The summed E-state index contributed by atoms with van der Waals surface area (Å²) in [5.41, 5.74) is 2.27. The number of amides is 1. The first kappa shape index (κ1) is 19.3. The number of fused-ring (bicyclic) bond motifs is 2. The first-order valence-electron chi connectivity index (χ1n) is 9.44. The van der Waals surface area contributed by atoms with E-state index in [-0.39, 0.29) is 35.5 Å². The Bertz CT molecular complexity index is 1130. The van der Waals surface area contributed by atoms with Gasteiger partial charge in [0, 0.05) is 23.0 Å². The summed E-state index contributed by atoms with van der Waals surface area (Å²) in [4.78, 5) is 16.9. The average Bonchev–Trinajstić information content (AvgIpc) is 3.38. The van der Waals surface area contributed by atoms with Gasteiger partial charge in [0.25, 0.3) is 5.91 Å². The van der Waals surface area contributed by atoms with Gasteiger partial charge in [-0.25, -0.2) is 8.42 Å². The third kappa shape index (κ3) is 3.97. The van der Waals surface area contributed by atoms with Gasteiger partial charge >= 0.3 is 0 Å². The fraction of sp³-hybridized carbons (Fsp3) is 0.300. The maximum atomic E-state index is 12.4. The molecule has 3 aliphatic heterocycles. The molecule has 30 heavy (non-hydrogen) atoms. The molecule has 10 heteroatoms. The van der Waals surface area contributed by atoms with Crippen molar-refractivity contribution in [3.63, 3.8) is 0 Å². The Kier molecular flexibility index (Phi) is 4.82. The van der Waals surface area contributed by atoms with E-state index in [0.29, 0.717) is 23.6 Å². The predicted molar refractivity (Wildman–Crippen MR) is 115 cm³/mol. The van der Waals surface area contributed by atoms with Gasteiger partial charge in [-0.1, -0.05) is 17.8 Å². The summed E-state index contributed by atoms with van der Waals surface area (Å²) in [5.74, 6) is 1.53. The molecule has 8 nitrogen and oxygen atoms in total. The molecule has 2 atom stereocenters. The van der Waals surface area contributed by atoms with Crippen LogP contribution in [0.2, 0.25) is 0 Å². The van der Waals surface area contributed by atoms with Crippen LogP contribution in [0.4, 0.5) is 5.69 Å². The number of thioether (sulfide) groups is 1. The van der Waals surface area contributed by atoms with Crippen molar-refractivity contribution in [2.75, 3.05) is 23.6 Å². The molecule has 2 aromatic rings. The van der Waals surface area contributed by atoms with E-state index in [1.807, 2.05) is 30.3 Å². The lowest BCUT2D eigenvalue weighted by molar-refractivity contribution is 0.0951. The van der Waals surface area contributed by atoms with E-state index in [1.54, 1.807) is 12.1 Å². The molecule has 2 N–H and O–H groups in total. The van der Waals surface area contributed by atoms with Gasteiger partial charge in [0.1, 0.15) is 0 Å². The largest absolute Gasteiger partial charge is 0.454 e. The van der Waals surface area contributed by atoms with Crippen LogP contribution in [0.5, 0.6) is 11.5 Å². The summed E-state index contributed by atoms with van der Waals surface area (Å²) < 4.78 is 33.9. The Labute approximate surface area is 178 Å². The van der Waals surface area contributed by atoms with Crippen LogP contribution in [0.15, 0.2) is 47.5 Å². The van der Waals surface area contributed by atoms with Crippen LogP contribution in [-0.2, 0) is 16.4 Å². The zero-order valence-electron chi connectivity index (χ0n) is 15.8. The van der Waals surface area contributed by atoms with E-state index in [1.165, 1.54) is 11.8 Å². The number of rotatable bonds is 4. The van der Waals surface area contributed by atoms with Crippen molar-refractivity contribution >= 4 is 38.4 Å². The van der Waals surface area contributed by atoms with Crippen LogP contribution in [0, 0.1) is 0 Å². The predicted octanol–water partition coefficient (Wildman–Crippen LogP) is 2.03. The molecule has 1 saturated heterocycles. The molecule has 0 saturated carbocycles. The molecule has 1 amide bonds. The molecule has 5 rings (SSSR count). The Balaban J connectivity index is 1.17. The van der Waals surface area contributed by atoms with E-state index in [0.717, 1.165) is 16.4 Å². The van der Waals surface area contributed by atoms with Gasteiger partial charge in [-0.3, -0.25) is 9.79 Å². The number of hydrogen-bond acceptors (Lipinski definition) is 8. The van der Waals surface area contributed by atoms with E-state index >= 15 is 0 Å². The molecule has 0 radical (unpaired) electrons. The second kappa shape index (κ2) is 7.51. The second-order valence-corrected chi connectivity index (χ2v) is 10.7. The van der Waals surface area contributed by atoms with Crippen LogP contribution >= 0.6 is 11.8 Å². The molecule has 2 aromatic carbocycles. The SMILES string of the molecule is O=C(NCc1ccc2c(c1)OCO2)c1ccc(NC2=N[C@H]3CS(=O)(=O)C[C@@H]3S2)cc1. The van der Waals surface area contributed by atoms with Crippen molar-refractivity contribution in [1.29, 1.82) is 0 Å². The molecule has 0 aromatic heterocycles. The smallest absolute Gasteiger partial charge is 0.251 e. The van der Waals surface area contributed by atoms with Crippen LogP contribution < -0.4 is 20.1 Å². The fourth-order valence-electron chi connectivity index (χ4n) is 3.58. The third-order valence-electron chi connectivity index (χ3n) is 5.11. The van der Waals surface area contributed by atoms with Gasteiger partial charge in [-0.05, 0) is 42.0 Å². The van der Waals surface area contributed by atoms with Gasteiger partial charge in [-0.2, -0.15) is 0 Å². The highest BCUT2D eigenvalue weighted by Crippen LogP contribution is 2.35. The summed E-state index contributed by atoms with van der Waals surface area (Å²) in [7, 11) is -2.96. The van der Waals surface area contributed by atoms with Crippen molar-refractivity contribution in [2.24, 2.45) is 4.99 Å². The summed E-state index contributed by atoms with van der Waals surface area (Å²) in [6.45, 7) is 0.603. The quantitative estimate of drug-likeness (QED) is 0.742. The molecule has 0 bridgehead atoms. The zero-order valence-corrected chi connectivity index (χ0v) is 17.5. The van der Waals surface area contributed by atoms with Crippen molar-refractivity contribution in [3.05, 3.63) is 53.6 Å². The molecular formula is C20H19N3O5S2. The van der Waals surface area contributed by atoms with Gasteiger partial charge in [0.2, 0.25) is 6.79 Å². The zero-order chi connectivity index (χ0) is 20.7. The number of aliphatic imine (C=N–C) groups is 1. The minimum Gasteiger partial charge on any atom is -0.454 e.